The van der Waals surface area contributed by atoms with E-state index in [1.807, 2.05) is 0 Å². The average Bonchev–Trinajstić information content (AvgIpc) is 3.15. The molecule has 178 valence electrons. The van der Waals surface area contributed by atoms with Gasteiger partial charge in [0.15, 0.2) is 0 Å². The standard InChI is InChI=1S/C27H38N4O2/c1-30-10-5-11-31(13-12-30)18-20-9-8-19(15-25(20)32)21-14-23-24(17-29-27(23)28-16-21)22-6-3-4-7-26(22)33-2/h6-9,17,21,25,28-29,32H,3-5,10-16,18H2,1-2H3. The molecular formula is C27H38N4O2. The number of rotatable bonds is 5. The number of aliphatic hydroxyl groups is 1. The highest BCUT2D eigenvalue weighted by atomic mass is 16.5. The predicted octanol–water partition coefficient (Wildman–Crippen LogP) is 3.56. The van der Waals surface area contributed by atoms with Crippen molar-refractivity contribution in [1.29, 1.82) is 0 Å². The van der Waals surface area contributed by atoms with Crippen molar-refractivity contribution in [2.45, 2.75) is 38.2 Å². The van der Waals surface area contributed by atoms with Gasteiger partial charge in [-0.25, -0.2) is 0 Å². The van der Waals surface area contributed by atoms with Crippen LogP contribution < -0.4 is 5.32 Å². The third-order valence-electron chi connectivity index (χ3n) is 7.70. The Bertz CT molecular complexity index is 986. The van der Waals surface area contributed by atoms with E-state index in [0.29, 0.717) is 5.92 Å². The summed E-state index contributed by atoms with van der Waals surface area (Å²) < 4.78 is 5.66. The minimum absolute atomic E-state index is 0.373. The van der Waals surface area contributed by atoms with Crippen LogP contribution in [0.4, 0.5) is 5.82 Å². The van der Waals surface area contributed by atoms with Gasteiger partial charge in [-0.3, -0.25) is 4.90 Å². The largest absolute Gasteiger partial charge is 0.496 e. The quantitative estimate of drug-likeness (QED) is 0.640. The van der Waals surface area contributed by atoms with Gasteiger partial charge in [-0.15, -0.1) is 0 Å². The first kappa shape index (κ1) is 22.5. The highest BCUT2D eigenvalue weighted by Crippen LogP contribution is 2.39. The Labute approximate surface area is 197 Å². The number of hydrogen-bond donors (Lipinski definition) is 3. The van der Waals surface area contributed by atoms with Crippen LogP contribution in [0, 0.1) is 5.92 Å². The van der Waals surface area contributed by atoms with Gasteiger partial charge in [0.25, 0.3) is 0 Å². The number of fused-ring (bicyclic) bond motifs is 1. The van der Waals surface area contributed by atoms with Crippen LogP contribution in [0.1, 0.15) is 36.8 Å². The van der Waals surface area contributed by atoms with Crippen molar-refractivity contribution in [3.05, 3.63) is 58.5 Å². The van der Waals surface area contributed by atoms with E-state index in [0.717, 1.165) is 75.6 Å². The molecule has 1 fully saturated rings. The van der Waals surface area contributed by atoms with Gasteiger partial charge in [-0.05, 0) is 63.9 Å². The van der Waals surface area contributed by atoms with Crippen LogP contribution in [0.25, 0.3) is 5.57 Å². The van der Waals surface area contributed by atoms with Crippen molar-refractivity contribution in [3.8, 4) is 0 Å². The molecule has 5 rings (SSSR count). The Morgan fingerprint density at radius 2 is 1.97 bits per heavy atom. The maximum absolute atomic E-state index is 11.0. The SMILES string of the molecule is COC1=CCCC=C1c1c[nH]c2c1CC(C1=CC=C(CN3CCCN(C)CC3)C(O)C1)CN2. The summed E-state index contributed by atoms with van der Waals surface area (Å²) in [7, 11) is 3.96. The zero-order chi connectivity index (χ0) is 22.8. The smallest absolute Gasteiger partial charge is 0.122 e. The van der Waals surface area contributed by atoms with E-state index in [2.05, 4.69) is 57.6 Å². The van der Waals surface area contributed by atoms with Gasteiger partial charge in [-0.1, -0.05) is 23.8 Å². The number of nitrogens with one attached hydrogen (secondary N) is 2. The van der Waals surface area contributed by atoms with E-state index >= 15 is 0 Å². The molecule has 3 heterocycles. The summed E-state index contributed by atoms with van der Waals surface area (Å²) in [5.41, 5.74) is 6.30. The number of aromatic amines is 1. The fourth-order valence-corrected chi connectivity index (χ4v) is 5.68. The van der Waals surface area contributed by atoms with E-state index < -0.39 is 0 Å². The molecular weight excluding hydrogens is 412 g/mol. The topological polar surface area (TPSA) is 63.8 Å². The lowest BCUT2D eigenvalue weighted by Crippen LogP contribution is -2.34. The average molecular weight is 451 g/mol. The molecule has 33 heavy (non-hydrogen) atoms. The molecule has 3 N–H and O–H groups in total. The van der Waals surface area contributed by atoms with Crippen LogP contribution in [0.5, 0.6) is 0 Å². The van der Waals surface area contributed by atoms with Crippen LogP contribution in [-0.4, -0.2) is 79.4 Å². The molecule has 1 saturated heterocycles. The molecule has 0 amide bonds. The Kier molecular flexibility index (Phi) is 6.76. The van der Waals surface area contributed by atoms with Crippen molar-refractivity contribution in [3.63, 3.8) is 0 Å². The Morgan fingerprint density at radius 1 is 1.09 bits per heavy atom. The van der Waals surface area contributed by atoms with E-state index in [9.17, 15) is 5.11 Å². The number of aromatic nitrogens is 1. The van der Waals surface area contributed by atoms with Crippen LogP contribution in [0.15, 0.2) is 47.4 Å². The van der Waals surface area contributed by atoms with Gasteiger partial charge >= 0.3 is 0 Å². The molecule has 0 saturated carbocycles. The molecule has 1 aromatic heterocycles. The number of likely N-dealkylation sites (N-methyl/N-ethyl adjacent to an activating group) is 1. The van der Waals surface area contributed by atoms with E-state index in [-0.39, 0.29) is 6.10 Å². The summed E-state index contributed by atoms with van der Waals surface area (Å²) >= 11 is 0. The van der Waals surface area contributed by atoms with Crippen LogP contribution >= 0.6 is 0 Å². The molecule has 1 aromatic rings. The summed E-state index contributed by atoms with van der Waals surface area (Å²) in [6.07, 6.45) is 15.7. The summed E-state index contributed by atoms with van der Waals surface area (Å²) in [6.45, 7) is 6.25. The number of H-pyrrole nitrogens is 1. The molecule has 0 bridgehead atoms. The fraction of sp³-hybridized carbons (Fsp3) is 0.556. The first-order valence-corrected chi connectivity index (χ1v) is 12.5. The molecule has 0 aromatic carbocycles. The molecule has 6 nitrogen and oxygen atoms in total. The second-order valence-corrected chi connectivity index (χ2v) is 9.94. The number of allylic oxidation sites excluding steroid dienone is 5. The van der Waals surface area contributed by atoms with Crippen molar-refractivity contribution >= 4 is 11.4 Å². The van der Waals surface area contributed by atoms with Gasteiger partial charge < -0.3 is 25.0 Å². The lowest BCUT2D eigenvalue weighted by Gasteiger charge is -2.32. The van der Waals surface area contributed by atoms with Crippen molar-refractivity contribution in [1.82, 2.24) is 14.8 Å². The van der Waals surface area contributed by atoms with Crippen molar-refractivity contribution in [2.24, 2.45) is 5.92 Å². The molecule has 6 heteroatoms. The Balaban J connectivity index is 1.30. The van der Waals surface area contributed by atoms with Crippen LogP contribution in [-0.2, 0) is 11.2 Å². The van der Waals surface area contributed by atoms with Gasteiger partial charge in [0.05, 0.1) is 13.2 Å². The molecule has 2 unspecified atom stereocenters. The number of aliphatic hydroxyl groups excluding tert-OH is 1. The van der Waals surface area contributed by atoms with Crippen LogP contribution in [0.3, 0.4) is 0 Å². The third kappa shape index (κ3) is 4.84. The molecule has 0 radical (unpaired) electrons. The highest BCUT2D eigenvalue weighted by molar-refractivity contribution is 5.82. The summed E-state index contributed by atoms with van der Waals surface area (Å²) in [4.78, 5) is 8.33. The van der Waals surface area contributed by atoms with Gasteiger partial charge in [0, 0.05) is 55.0 Å². The van der Waals surface area contributed by atoms with Gasteiger partial charge in [0.1, 0.15) is 11.6 Å². The second-order valence-electron chi connectivity index (χ2n) is 9.94. The Hall–Kier alpha value is -2.28. The van der Waals surface area contributed by atoms with E-state index in [1.165, 1.54) is 35.2 Å². The highest BCUT2D eigenvalue weighted by Gasteiger charge is 2.30. The minimum atomic E-state index is -0.373. The second kappa shape index (κ2) is 9.92. The normalized spacial score (nSPS) is 26.9. The zero-order valence-electron chi connectivity index (χ0n) is 20.1. The number of nitrogens with zero attached hydrogens (tertiary/aromatic N) is 2. The predicted molar refractivity (Wildman–Crippen MR) is 134 cm³/mol. The third-order valence-corrected chi connectivity index (χ3v) is 7.70. The van der Waals surface area contributed by atoms with E-state index in [4.69, 9.17) is 4.74 Å². The monoisotopic (exact) mass is 450 g/mol. The maximum atomic E-state index is 11.0. The zero-order valence-corrected chi connectivity index (χ0v) is 20.1. The number of hydrogen-bond acceptors (Lipinski definition) is 5. The maximum Gasteiger partial charge on any atom is 0.122 e. The fourth-order valence-electron chi connectivity index (χ4n) is 5.68. The Morgan fingerprint density at radius 3 is 2.82 bits per heavy atom. The van der Waals surface area contributed by atoms with Gasteiger partial charge in [-0.2, -0.15) is 0 Å². The van der Waals surface area contributed by atoms with Gasteiger partial charge in [0.2, 0.25) is 0 Å². The first-order valence-electron chi connectivity index (χ1n) is 12.5. The molecule has 0 spiro atoms. The summed E-state index contributed by atoms with van der Waals surface area (Å²) in [5.74, 6) is 2.50. The minimum Gasteiger partial charge on any atom is -0.496 e. The summed E-state index contributed by atoms with van der Waals surface area (Å²) in [6, 6.07) is 0. The molecule has 4 aliphatic rings. The summed E-state index contributed by atoms with van der Waals surface area (Å²) in [5, 5.41) is 14.6. The molecule has 2 aliphatic carbocycles. The first-order chi connectivity index (χ1) is 16.1. The molecule has 2 atom stereocenters. The number of ether oxygens (including phenoxy) is 1. The number of anilines is 1. The van der Waals surface area contributed by atoms with Crippen molar-refractivity contribution in [2.75, 3.05) is 58.7 Å². The number of methoxy groups -OCH3 is 1. The molecule has 2 aliphatic heterocycles. The van der Waals surface area contributed by atoms with Crippen LogP contribution in [0.2, 0.25) is 0 Å². The van der Waals surface area contributed by atoms with E-state index in [1.54, 1.807) is 7.11 Å². The lowest BCUT2D eigenvalue weighted by atomic mass is 9.81. The van der Waals surface area contributed by atoms with Crippen molar-refractivity contribution < 1.29 is 9.84 Å². The lowest BCUT2D eigenvalue weighted by molar-refractivity contribution is 0.186.